The molecule has 0 saturated heterocycles. The van der Waals surface area contributed by atoms with Crippen molar-refractivity contribution in [1.29, 1.82) is 0 Å². The normalized spacial score (nSPS) is 16.9. The summed E-state index contributed by atoms with van der Waals surface area (Å²) in [6.45, 7) is 3.86. The second-order valence-corrected chi connectivity index (χ2v) is 6.83. The number of benzene rings is 1. The van der Waals surface area contributed by atoms with Gasteiger partial charge in [-0.25, -0.2) is 4.39 Å². The van der Waals surface area contributed by atoms with Crippen molar-refractivity contribution < 1.29 is 9.18 Å². The van der Waals surface area contributed by atoms with E-state index in [4.69, 9.17) is 0 Å². The summed E-state index contributed by atoms with van der Waals surface area (Å²) in [5.74, 6) is -0.227. The zero-order chi connectivity index (χ0) is 15.7. The molecule has 1 aliphatic rings. The van der Waals surface area contributed by atoms with Crippen molar-refractivity contribution >= 4 is 16.8 Å². The van der Waals surface area contributed by atoms with Crippen LogP contribution >= 0.6 is 0 Å². The van der Waals surface area contributed by atoms with E-state index in [2.05, 4.69) is 10.3 Å². The fourth-order valence-corrected chi connectivity index (χ4v) is 3.35. The van der Waals surface area contributed by atoms with E-state index in [-0.39, 0.29) is 11.7 Å². The van der Waals surface area contributed by atoms with Crippen LogP contribution in [0.3, 0.4) is 0 Å². The summed E-state index contributed by atoms with van der Waals surface area (Å²) in [6, 6.07) is 4.94. The smallest absolute Gasteiger partial charge is 0.230 e. The van der Waals surface area contributed by atoms with Crippen LogP contribution in [0.5, 0.6) is 0 Å². The van der Waals surface area contributed by atoms with Gasteiger partial charge in [-0.3, -0.25) is 4.79 Å². The molecule has 0 unspecified atom stereocenters. The zero-order valence-corrected chi connectivity index (χ0v) is 13.2. The van der Waals surface area contributed by atoms with Gasteiger partial charge < -0.3 is 10.3 Å². The minimum Gasteiger partial charge on any atom is -0.361 e. The predicted molar refractivity (Wildman–Crippen MR) is 86.3 cm³/mol. The molecule has 1 fully saturated rings. The van der Waals surface area contributed by atoms with E-state index in [1.54, 1.807) is 6.07 Å². The topological polar surface area (TPSA) is 44.9 Å². The average molecular weight is 302 g/mol. The molecule has 4 heteroatoms. The first-order valence-corrected chi connectivity index (χ1v) is 8.06. The second-order valence-electron chi connectivity index (χ2n) is 6.83. The molecular weight excluding hydrogens is 279 g/mol. The summed E-state index contributed by atoms with van der Waals surface area (Å²) in [7, 11) is 0. The molecule has 1 aromatic carbocycles. The maximum absolute atomic E-state index is 13.3. The molecule has 2 aromatic rings. The Bertz CT molecular complexity index is 683. The summed E-state index contributed by atoms with van der Waals surface area (Å²) in [5, 5.41) is 4.10. The zero-order valence-electron chi connectivity index (χ0n) is 13.2. The van der Waals surface area contributed by atoms with Crippen LogP contribution in [0.25, 0.3) is 10.9 Å². The molecule has 1 aliphatic carbocycles. The van der Waals surface area contributed by atoms with Gasteiger partial charge in [0.15, 0.2) is 0 Å². The molecule has 0 atom stereocenters. The number of halogens is 1. The predicted octanol–water partition coefficient (Wildman–Crippen LogP) is 4.03. The summed E-state index contributed by atoms with van der Waals surface area (Å²) >= 11 is 0. The van der Waals surface area contributed by atoms with Crippen LogP contribution in [0.1, 0.15) is 51.5 Å². The third-order valence-corrected chi connectivity index (χ3v) is 4.83. The highest BCUT2D eigenvalue weighted by Gasteiger charge is 2.33. The van der Waals surface area contributed by atoms with Gasteiger partial charge in [-0.2, -0.15) is 0 Å². The molecule has 1 saturated carbocycles. The van der Waals surface area contributed by atoms with Crippen molar-refractivity contribution in [2.24, 2.45) is 0 Å². The van der Waals surface area contributed by atoms with Crippen molar-refractivity contribution in [3.05, 3.63) is 35.8 Å². The number of aromatic amines is 1. The van der Waals surface area contributed by atoms with Crippen LogP contribution in [0.15, 0.2) is 24.4 Å². The quantitative estimate of drug-likeness (QED) is 0.883. The molecular formula is C18H23FN2O. The van der Waals surface area contributed by atoms with Gasteiger partial charge in [0, 0.05) is 23.1 Å². The van der Waals surface area contributed by atoms with E-state index in [1.165, 1.54) is 31.4 Å². The van der Waals surface area contributed by atoms with Gasteiger partial charge >= 0.3 is 0 Å². The Morgan fingerprint density at radius 2 is 2.00 bits per heavy atom. The third-order valence-electron chi connectivity index (χ3n) is 4.83. The first kappa shape index (κ1) is 15.1. The van der Waals surface area contributed by atoms with Gasteiger partial charge in [0.05, 0.1) is 5.41 Å². The van der Waals surface area contributed by atoms with Gasteiger partial charge in [-0.05, 0) is 50.5 Å². The number of carbonyl (C=O) groups is 1. The summed E-state index contributed by atoms with van der Waals surface area (Å²) < 4.78 is 13.3. The van der Waals surface area contributed by atoms with E-state index in [0.29, 0.717) is 6.04 Å². The SMILES string of the molecule is CC(C)(C(=O)NC1CCCCC1)c1c[nH]c2cc(F)ccc12. The lowest BCUT2D eigenvalue weighted by Gasteiger charge is -2.29. The van der Waals surface area contributed by atoms with Gasteiger partial charge in [0.1, 0.15) is 5.82 Å². The lowest BCUT2D eigenvalue weighted by atomic mass is 9.82. The fourth-order valence-electron chi connectivity index (χ4n) is 3.35. The Morgan fingerprint density at radius 1 is 1.27 bits per heavy atom. The summed E-state index contributed by atoms with van der Waals surface area (Å²) in [4.78, 5) is 15.8. The first-order chi connectivity index (χ1) is 10.5. The highest BCUT2D eigenvalue weighted by molar-refractivity contribution is 5.94. The maximum atomic E-state index is 13.3. The van der Waals surface area contributed by atoms with E-state index in [0.717, 1.165) is 29.3 Å². The second kappa shape index (κ2) is 5.75. The molecule has 1 amide bonds. The van der Waals surface area contributed by atoms with Crippen molar-refractivity contribution in [3.63, 3.8) is 0 Å². The van der Waals surface area contributed by atoms with Crippen molar-refractivity contribution in [3.8, 4) is 0 Å². The Morgan fingerprint density at radius 3 is 2.73 bits per heavy atom. The van der Waals surface area contributed by atoms with Crippen molar-refractivity contribution in [2.75, 3.05) is 0 Å². The molecule has 22 heavy (non-hydrogen) atoms. The molecule has 2 N–H and O–H groups in total. The number of rotatable bonds is 3. The van der Waals surface area contributed by atoms with Crippen molar-refractivity contribution in [2.45, 2.75) is 57.4 Å². The number of nitrogens with one attached hydrogen (secondary N) is 2. The van der Waals surface area contributed by atoms with Crippen LogP contribution in [0.2, 0.25) is 0 Å². The standard InChI is InChI=1S/C18H23FN2O/c1-18(2,17(22)21-13-6-4-3-5-7-13)15-11-20-16-10-12(19)8-9-14(15)16/h8-11,13,20H,3-7H2,1-2H3,(H,21,22). The number of fused-ring (bicyclic) bond motifs is 1. The van der Waals surface area contributed by atoms with Crippen LogP contribution in [0, 0.1) is 5.82 Å². The lowest BCUT2D eigenvalue weighted by molar-refractivity contribution is -0.126. The molecule has 0 spiro atoms. The first-order valence-electron chi connectivity index (χ1n) is 8.06. The van der Waals surface area contributed by atoms with Gasteiger partial charge in [0.25, 0.3) is 0 Å². The van der Waals surface area contributed by atoms with Crippen molar-refractivity contribution in [1.82, 2.24) is 10.3 Å². The van der Waals surface area contributed by atoms with E-state index in [1.807, 2.05) is 20.0 Å². The van der Waals surface area contributed by atoms with E-state index < -0.39 is 5.41 Å². The monoisotopic (exact) mass is 302 g/mol. The van der Waals surface area contributed by atoms with Gasteiger partial charge in [0.2, 0.25) is 5.91 Å². The van der Waals surface area contributed by atoms with E-state index >= 15 is 0 Å². The number of carbonyl (C=O) groups excluding carboxylic acids is 1. The Hall–Kier alpha value is -1.84. The molecule has 118 valence electrons. The molecule has 3 rings (SSSR count). The number of amides is 1. The summed E-state index contributed by atoms with van der Waals surface area (Å²) in [5.41, 5.74) is 0.998. The Balaban J connectivity index is 1.85. The largest absolute Gasteiger partial charge is 0.361 e. The van der Waals surface area contributed by atoms with Gasteiger partial charge in [-0.1, -0.05) is 19.3 Å². The van der Waals surface area contributed by atoms with Gasteiger partial charge in [-0.15, -0.1) is 0 Å². The third kappa shape index (κ3) is 2.74. The fraction of sp³-hybridized carbons (Fsp3) is 0.500. The number of hydrogen-bond acceptors (Lipinski definition) is 1. The van der Waals surface area contributed by atoms with Crippen LogP contribution in [0.4, 0.5) is 4.39 Å². The minimum absolute atomic E-state index is 0.0459. The van der Waals surface area contributed by atoms with Crippen LogP contribution in [-0.4, -0.2) is 16.9 Å². The molecule has 1 heterocycles. The lowest BCUT2D eigenvalue weighted by Crippen LogP contribution is -2.45. The molecule has 0 aliphatic heterocycles. The number of hydrogen-bond donors (Lipinski definition) is 2. The van der Waals surface area contributed by atoms with Crippen LogP contribution < -0.4 is 5.32 Å². The molecule has 1 aromatic heterocycles. The Labute approximate surface area is 130 Å². The minimum atomic E-state index is -0.645. The number of H-pyrrole nitrogens is 1. The highest BCUT2D eigenvalue weighted by atomic mass is 19.1. The van der Waals surface area contributed by atoms with Crippen LogP contribution in [-0.2, 0) is 10.2 Å². The van der Waals surface area contributed by atoms with E-state index in [9.17, 15) is 9.18 Å². The maximum Gasteiger partial charge on any atom is 0.230 e. The number of aromatic nitrogens is 1. The summed E-state index contributed by atoms with van der Waals surface area (Å²) in [6.07, 6.45) is 7.62. The molecule has 3 nitrogen and oxygen atoms in total. The Kier molecular flexibility index (Phi) is 3.94. The molecule has 0 bridgehead atoms. The average Bonchev–Trinajstić information content (AvgIpc) is 2.91. The molecule has 0 radical (unpaired) electrons. The highest BCUT2D eigenvalue weighted by Crippen LogP contribution is 2.31.